The molecule has 32 heavy (non-hydrogen) atoms. The highest BCUT2D eigenvalue weighted by atomic mass is 32.2. The van der Waals surface area contributed by atoms with Crippen LogP contribution in [0, 0.1) is 6.92 Å². The van der Waals surface area contributed by atoms with Crippen molar-refractivity contribution in [2.45, 2.75) is 29.2 Å². The SMILES string of the molecule is Cc1nc[nH]c1CSCCN/C(=C\S(=O)(=O)c1ccccc1)NCCCSc1ncco1. The molecule has 3 aromatic rings. The molecule has 0 saturated heterocycles. The second-order valence-corrected chi connectivity index (χ2v) is 10.7. The van der Waals surface area contributed by atoms with E-state index in [0.717, 1.165) is 35.1 Å². The van der Waals surface area contributed by atoms with Crippen LogP contribution >= 0.6 is 23.5 Å². The molecule has 172 valence electrons. The summed E-state index contributed by atoms with van der Waals surface area (Å²) in [5, 5.41) is 8.36. The number of H-pyrrole nitrogens is 1. The predicted octanol–water partition coefficient (Wildman–Crippen LogP) is 3.57. The van der Waals surface area contributed by atoms with E-state index >= 15 is 0 Å². The fourth-order valence-corrected chi connectivity index (χ4v) is 5.44. The molecule has 0 fully saturated rings. The standard InChI is InChI=1S/C21H27N5O3S3/c1-17-19(26-16-25-17)14-30-13-10-23-20(15-32(27,28)18-6-3-2-4-7-18)22-8-5-12-31-21-24-9-11-29-21/h2-4,6-7,9,11,15-16,22-23H,5,8,10,12-14H2,1H3,(H,25,26)/b20-15-. The van der Waals surface area contributed by atoms with Crippen molar-refractivity contribution in [3.05, 3.63) is 71.7 Å². The van der Waals surface area contributed by atoms with Gasteiger partial charge in [0.05, 0.1) is 28.5 Å². The molecule has 0 spiro atoms. The molecule has 0 radical (unpaired) electrons. The number of benzene rings is 1. The van der Waals surface area contributed by atoms with Crippen molar-refractivity contribution < 1.29 is 12.8 Å². The summed E-state index contributed by atoms with van der Waals surface area (Å²) in [6.07, 6.45) is 5.69. The lowest BCUT2D eigenvalue weighted by Crippen LogP contribution is -2.30. The van der Waals surface area contributed by atoms with Crippen LogP contribution in [-0.4, -0.2) is 48.0 Å². The second-order valence-electron chi connectivity index (χ2n) is 6.76. The molecule has 2 heterocycles. The molecule has 2 aromatic heterocycles. The van der Waals surface area contributed by atoms with E-state index in [0.29, 0.717) is 24.1 Å². The van der Waals surface area contributed by atoms with Crippen LogP contribution in [-0.2, 0) is 15.6 Å². The summed E-state index contributed by atoms with van der Waals surface area (Å²) in [4.78, 5) is 11.7. The van der Waals surface area contributed by atoms with Crippen molar-refractivity contribution in [2.24, 2.45) is 0 Å². The van der Waals surface area contributed by atoms with E-state index in [9.17, 15) is 8.42 Å². The Morgan fingerprint density at radius 1 is 1.16 bits per heavy atom. The van der Waals surface area contributed by atoms with Crippen molar-refractivity contribution >= 4 is 33.4 Å². The molecule has 0 amide bonds. The first-order valence-electron chi connectivity index (χ1n) is 10.1. The van der Waals surface area contributed by atoms with Crippen LogP contribution in [0.25, 0.3) is 0 Å². The van der Waals surface area contributed by atoms with Crippen molar-refractivity contribution in [3.8, 4) is 0 Å². The molecular weight excluding hydrogens is 466 g/mol. The number of hydrogen-bond donors (Lipinski definition) is 3. The highest BCUT2D eigenvalue weighted by Gasteiger charge is 2.12. The zero-order chi connectivity index (χ0) is 22.7. The molecule has 0 saturated carbocycles. The van der Waals surface area contributed by atoms with E-state index in [1.54, 1.807) is 60.9 Å². The van der Waals surface area contributed by atoms with E-state index in [4.69, 9.17) is 4.42 Å². The highest BCUT2D eigenvalue weighted by Crippen LogP contribution is 2.16. The van der Waals surface area contributed by atoms with E-state index in [2.05, 4.69) is 25.6 Å². The Morgan fingerprint density at radius 2 is 1.97 bits per heavy atom. The average Bonchev–Trinajstić information content (AvgIpc) is 3.45. The summed E-state index contributed by atoms with van der Waals surface area (Å²) in [6, 6.07) is 8.42. The van der Waals surface area contributed by atoms with Crippen LogP contribution in [0.3, 0.4) is 0 Å². The average molecular weight is 494 g/mol. The Balaban J connectivity index is 1.51. The highest BCUT2D eigenvalue weighted by molar-refractivity contribution is 7.99. The number of nitrogens with zero attached hydrogens (tertiary/aromatic N) is 2. The van der Waals surface area contributed by atoms with Gasteiger partial charge in [0.15, 0.2) is 0 Å². The Morgan fingerprint density at radius 3 is 2.69 bits per heavy atom. The summed E-state index contributed by atoms with van der Waals surface area (Å²) in [6.45, 7) is 3.23. The van der Waals surface area contributed by atoms with Gasteiger partial charge >= 0.3 is 0 Å². The lowest BCUT2D eigenvalue weighted by atomic mass is 10.4. The maximum Gasteiger partial charge on any atom is 0.255 e. The maximum absolute atomic E-state index is 12.8. The first kappa shape index (κ1) is 24.3. The van der Waals surface area contributed by atoms with E-state index in [1.165, 1.54) is 17.2 Å². The van der Waals surface area contributed by atoms with Crippen LogP contribution in [0.15, 0.2) is 74.9 Å². The van der Waals surface area contributed by atoms with Gasteiger partial charge in [-0.2, -0.15) is 11.8 Å². The molecule has 0 bridgehead atoms. The summed E-state index contributed by atoms with van der Waals surface area (Å²) in [7, 11) is -3.56. The quantitative estimate of drug-likeness (QED) is 0.229. The molecule has 11 heteroatoms. The van der Waals surface area contributed by atoms with Crippen molar-refractivity contribution in [3.63, 3.8) is 0 Å². The van der Waals surface area contributed by atoms with Crippen LogP contribution < -0.4 is 10.6 Å². The number of oxazole rings is 1. The van der Waals surface area contributed by atoms with Gasteiger partial charge in [-0.1, -0.05) is 30.0 Å². The summed E-state index contributed by atoms with van der Waals surface area (Å²) < 4.78 is 30.7. The fourth-order valence-electron chi connectivity index (χ4n) is 2.68. The maximum atomic E-state index is 12.8. The molecule has 0 aliphatic heterocycles. The van der Waals surface area contributed by atoms with Gasteiger partial charge < -0.3 is 20.0 Å². The zero-order valence-corrected chi connectivity index (χ0v) is 20.2. The second kappa shape index (κ2) is 12.6. The molecule has 3 rings (SSSR count). The molecule has 1 aromatic carbocycles. The minimum atomic E-state index is -3.56. The molecule has 0 aliphatic carbocycles. The summed E-state index contributed by atoms with van der Waals surface area (Å²) in [5.41, 5.74) is 2.11. The molecule has 3 N–H and O–H groups in total. The van der Waals surface area contributed by atoms with Crippen molar-refractivity contribution in [1.29, 1.82) is 0 Å². The smallest absolute Gasteiger partial charge is 0.255 e. The van der Waals surface area contributed by atoms with Gasteiger partial charge in [0.25, 0.3) is 5.22 Å². The largest absolute Gasteiger partial charge is 0.440 e. The van der Waals surface area contributed by atoms with Crippen LogP contribution in [0.5, 0.6) is 0 Å². The number of imidazole rings is 1. The van der Waals surface area contributed by atoms with Crippen LogP contribution in [0.1, 0.15) is 17.8 Å². The van der Waals surface area contributed by atoms with E-state index in [-0.39, 0.29) is 4.90 Å². The Hall–Kier alpha value is -2.37. The fraction of sp³-hybridized carbons (Fsp3) is 0.333. The van der Waals surface area contributed by atoms with E-state index in [1.807, 2.05) is 6.92 Å². The topological polar surface area (TPSA) is 113 Å². The third-order valence-corrected chi connectivity index (χ3v) is 7.76. The Kier molecular flexibility index (Phi) is 9.57. The van der Waals surface area contributed by atoms with Crippen LogP contribution in [0.4, 0.5) is 0 Å². The van der Waals surface area contributed by atoms with Crippen LogP contribution in [0.2, 0.25) is 0 Å². The molecule has 0 unspecified atom stereocenters. The zero-order valence-electron chi connectivity index (χ0n) is 17.8. The number of rotatable bonds is 14. The van der Waals surface area contributed by atoms with Crippen molar-refractivity contribution in [1.82, 2.24) is 25.6 Å². The molecule has 0 atom stereocenters. The molecule has 0 aliphatic rings. The predicted molar refractivity (Wildman–Crippen MR) is 129 cm³/mol. The van der Waals surface area contributed by atoms with Crippen molar-refractivity contribution in [2.75, 3.05) is 24.6 Å². The third kappa shape index (κ3) is 7.95. The Labute approximate surface area is 197 Å². The van der Waals surface area contributed by atoms with Gasteiger partial charge in [0.2, 0.25) is 9.84 Å². The first-order valence-corrected chi connectivity index (χ1v) is 13.8. The molecular formula is C21H27N5O3S3. The third-order valence-electron chi connectivity index (χ3n) is 4.36. The number of thioether (sulfide) groups is 2. The number of aryl methyl sites for hydroxylation is 1. The number of aromatic nitrogens is 3. The number of nitrogens with one attached hydrogen (secondary N) is 3. The van der Waals surface area contributed by atoms with Gasteiger partial charge in [0, 0.05) is 36.0 Å². The first-order chi connectivity index (χ1) is 15.5. The number of sulfone groups is 1. The van der Waals surface area contributed by atoms with Gasteiger partial charge in [-0.05, 0) is 25.5 Å². The van der Waals surface area contributed by atoms with Gasteiger partial charge in [-0.15, -0.1) is 0 Å². The minimum Gasteiger partial charge on any atom is -0.440 e. The number of aromatic amines is 1. The lowest BCUT2D eigenvalue weighted by molar-refractivity contribution is 0.454. The summed E-state index contributed by atoms with van der Waals surface area (Å²) >= 11 is 3.28. The van der Waals surface area contributed by atoms with Gasteiger partial charge in [-0.3, -0.25) is 0 Å². The van der Waals surface area contributed by atoms with Gasteiger partial charge in [-0.25, -0.2) is 18.4 Å². The number of hydrogen-bond acceptors (Lipinski definition) is 9. The molecule has 8 nitrogen and oxygen atoms in total. The monoisotopic (exact) mass is 493 g/mol. The Bertz CT molecular complexity index is 1070. The normalized spacial score (nSPS) is 12.1. The minimum absolute atomic E-state index is 0.268. The van der Waals surface area contributed by atoms with E-state index < -0.39 is 9.84 Å². The summed E-state index contributed by atoms with van der Waals surface area (Å²) in [5.74, 6) is 2.96. The lowest BCUT2D eigenvalue weighted by Gasteiger charge is -2.14. The van der Waals surface area contributed by atoms with Gasteiger partial charge in [0.1, 0.15) is 12.1 Å².